The van der Waals surface area contributed by atoms with Gasteiger partial charge in [0.05, 0.1) is 18.0 Å². The number of carbonyl (C=O) groups excluding carboxylic acids is 2. The van der Waals surface area contributed by atoms with E-state index in [1.165, 1.54) is 18.0 Å². The molecule has 2 aromatic rings. The molecule has 0 spiro atoms. The van der Waals surface area contributed by atoms with Gasteiger partial charge in [-0.1, -0.05) is 12.1 Å². The van der Waals surface area contributed by atoms with Crippen LogP contribution in [-0.4, -0.2) is 33.7 Å². The number of aromatic nitrogens is 2. The highest BCUT2D eigenvalue weighted by atomic mass is 16.6. The van der Waals surface area contributed by atoms with Crippen molar-refractivity contribution >= 4 is 23.3 Å². The maximum absolute atomic E-state index is 11.9. The van der Waals surface area contributed by atoms with Gasteiger partial charge < -0.3 is 10.1 Å². The van der Waals surface area contributed by atoms with Crippen molar-refractivity contribution in [2.75, 3.05) is 12.4 Å². The Kier molecular flexibility index (Phi) is 5.25. The Balaban J connectivity index is 1.96. The molecular formula is C15H16N4O5. The van der Waals surface area contributed by atoms with Crippen LogP contribution in [-0.2, 0) is 20.9 Å². The van der Waals surface area contributed by atoms with Gasteiger partial charge in [-0.3, -0.25) is 24.4 Å². The number of amides is 1. The van der Waals surface area contributed by atoms with Crippen molar-refractivity contribution < 1.29 is 19.2 Å². The van der Waals surface area contributed by atoms with Crippen molar-refractivity contribution in [2.45, 2.75) is 19.4 Å². The molecule has 9 heteroatoms. The first kappa shape index (κ1) is 17.1. The summed E-state index contributed by atoms with van der Waals surface area (Å²) in [6, 6.07) is 6.77. The number of rotatable bonds is 6. The first-order valence-electron chi connectivity index (χ1n) is 7.05. The van der Waals surface area contributed by atoms with Gasteiger partial charge in [0.25, 0.3) is 0 Å². The number of hydrogen-bond acceptors (Lipinski definition) is 6. The first-order chi connectivity index (χ1) is 11.4. The number of nitro groups is 1. The van der Waals surface area contributed by atoms with Crippen LogP contribution in [0.2, 0.25) is 0 Å². The number of benzene rings is 1. The van der Waals surface area contributed by atoms with Crippen molar-refractivity contribution in [3.8, 4) is 0 Å². The zero-order valence-electron chi connectivity index (χ0n) is 13.1. The van der Waals surface area contributed by atoms with Gasteiger partial charge in [-0.05, 0) is 24.6 Å². The largest absolute Gasteiger partial charge is 0.469 e. The number of anilines is 1. The minimum atomic E-state index is -0.581. The average molecular weight is 332 g/mol. The van der Waals surface area contributed by atoms with Crippen molar-refractivity contribution in [2.24, 2.45) is 0 Å². The lowest BCUT2D eigenvalue weighted by Gasteiger charge is -2.10. The number of ether oxygens (including phenoxy) is 1. The lowest BCUT2D eigenvalue weighted by molar-refractivity contribution is -0.385. The second-order valence-electron chi connectivity index (χ2n) is 5.07. The van der Waals surface area contributed by atoms with Crippen LogP contribution in [0.4, 0.5) is 11.4 Å². The molecule has 0 fully saturated rings. The molecule has 1 aromatic heterocycles. The molecule has 24 heavy (non-hydrogen) atoms. The zero-order valence-corrected chi connectivity index (χ0v) is 13.1. The molecular weight excluding hydrogens is 316 g/mol. The van der Waals surface area contributed by atoms with Crippen LogP contribution in [0.3, 0.4) is 0 Å². The van der Waals surface area contributed by atoms with E-state index >= 15 is 0 Å². The standard InChI is InChI=1S/C15H16N4O5/c1-10(15(21)24-2)11-3-5-12(6-4-11)17-14(20)9-18-8-13(7-16-18)19(22)23/h3-8,10H,9H2,1-2H3,(H,17,20)/t10-/m0/s1. The van der Waals surface area contributed by atoms with E-state index in [2.05, 4.69) is 15.2 Å². The summed E-state index contributed by atoms with van der Waals surface area (Å²) in [5, 5.41) is 17.0. The number of carbonyl (C=O) groups is 2. The fraction of sp³-hybridized carbons (Fsp3) is 0.267. The van der Waals surface area contributed by atoms with Gasteiger partial charge in [-0.2, -0.15) is 5.10 Å². The molecule has 0 radical (unpaired) electrons. The molecule has 0 bridgehead atoms. The van der Waals surface area contributed by atoms with Crippen LogP contribution in [0.15, 0.2) is 36.7 Å². The third-order valence-electron chi connectivity index (χ3n) is 3.39. The minimum Gasteiger partial charge on any atom is -0.469 e. The summed E-state index contributed by atoms with van der Waals surface area (Å²) in [6.07, 6.45) is 2.26. The van der Waals surface area contributed by atoms with E-state index in [0.717, 1.165) is 11.8 Å². The van der Waals surface area contributed by atoms with E-state index in [1.54, 1.807) is 31.2 Å². The van der Waals surface area contributed by atoms with Crippen LogP contribution in [0.25, 0.3) is 0 Å². The Morgan fingerprint density at radius 3 is 2.58 bits per heavy atom. The molecule has 0 aliphatic carbocycles. The Morgan fingerprint density at radius 2 is 2.04 bits per heavy atom. The Bertz CT molecular complexity index is 753. The van der Waals surface area contributed by atoms with Crippen LogP contribution in [0.1, 0.15) is 18.4 Å². The molecule has 9 nitrogen and oxygen atoms in total. The van der Waals surface area contributed by atoms with Crippen LogP contribution < -0.4 is 5.32 Å². The third kappa shape index (κ3) is 4.15. The highest BCUT2D eigenvalue weighted by molar-refractivity contribution is 5.90. The molecule has 0 unspecified atom stereocenters. The monoisotopic (exact) mass is 332 g/mol. The van der Waals surface area contributed by atoms with Gasteiger partial charge in [0.1, 0.15) is 18.9 Å². The molecule has 2 rings (SSSR count). The van der Waals surface area contributed by atoms with Gasteiger partial charge >= 0.3 is 11.7 Å². The molecule has 0 saturated carbocycles. The molecule has 1 N–H and O–H groups in total. The van der Waals surface area contributed by atoms with E-state index < -0.39 is 10.8 Å². The van der Waals surface area contributed by atoms with Gasteiger partial charge in [0.15, 0.2) is 0 Å². The second kappa shape index (κ2) is 7.36. The number of methoxy groups -OCH3 is 1. The number of nitrogens with zero attached hydrogens (tertiary/aromatic N) is 3. The predicted octanol–water partition coefficient (Wildman–Crippen LogP) is 1.71. The predicted molar refractivity (Wildman–Crippen MR) is 84.4 cm³/mol. The van der Waals surface area contributed by atoms with E-state index in [4.69, 9.17) is 0 Å². The Morgan fingerprint density at radius 1 is 1.38 bits per heavy atom. The Labute approximate surface area is 137 Å². The SMILES string of the molecule is COC(=O)[C@@H](C)c1ccc(NC(=O)Cn2cc([N+](=O)[O-])cn2)cc1. The van der Waals surface area contributed by atoms with Crippen molar-refractivity contribution in [3.05, 3.63) is 52.3 Å². The molecule has 0 saturated heterocycles. The number of hydrogen-bond donors (Lipinski definition) is 1. The fourth-order valence-corrected chi connectivity index (χ4v) is 2.05. The normalized spacial score (nSPS) is 11.6. The molecule has 1 aromatic carbocycles. The van der Waals surface area contributed by atoms with Gasteiger partial charge in [-0.15, -0.1) is 0 Å². The van der Waals surface area contributed by atoms with Gasteiger partial charge in [-0.25, -0.2) is 0 Å². The summed E-state index contributed by atoms with van der Waals surface area (Å²) in [6.45, 7) is 1.58. The number of nitrogens with one attached hydrogen (secondary N) is 1. The molecule has 0 aliphatic rings. The summed E-state index contributed by atoms with van der Waals surface area (Å²) >= 11 is 0. The molecule has 0 aliphatic heterocycles. The van der Waals surface area contributed by atoms with Crippen LogP contribution >= 0.6 is 0 Å². The summed E-state index contributed by atoms with van der Waals surface area (Å²) in [5.41, 5.74) is 1.13. The summed E-state index contributed by atoms with van der Waals surface area (Å²) in [5.74, 6) is -1.11. The summed E-state index contributed by atoms with van der Waals surface area (Å²) < 4.78 is 5.86. The maximum atomic E-state index is 11.9. The average Bonchev–Trinajstić information content (AvgIpc) is 3.02. The van der Waals surface area contributed by atoms with Gasteiger partial charge in [0, 0.05) is 5.69 Å². The minimum absolute atomic E-state index is 0.145. The smallest absolute Gasteiger partial charge is 0.312 e. The molecule has 126 valence electrons. The van der Waals surface area contributed by atoms with Crippen molar-refractivity contribution in [1.29, 1.82) is 0 Å². The Hall–Kier alpha value is -3.23. The zero-order chi connectivity index (χ0) is 17.7. The van der Waals surface area contributed by atoms with E-state index in [0.29, 0.717) is 5.69 Å². The van der Waals surface area contributed by atoms with Crippen molar-refractivity contribution in [3.63, 3.8) is 0 Å². The molecule has 1 atom stereocenters. The lowest BCUT2D eigenvalue weighted by atomic mass is 10.0. The van der Waals surface area contributed by atoms with Crippen molar-refractivity contribution in [1.82, 2.24) is 9.78 Å². The highest BCUT2D eigenvalue weighted by Gasteiger charge is 2.15. The molecule has 1 heterocycles. The highest BCUT2D eigenvalue weighted by Crippen LogP contribution is 2.19. The van der Waals surface area contributed by atoms with Gasteiger partial charge in [0.2, 0.25) is 5.91 Å². The fourth-order valence-electron chi connectivity index (χ4n) is 2.05. The van der Waals surface area contributed by atoms with E-state index in [1.807, 2.05) is 0 Å². The van der Waals surface area contributed by atoms with E-state index in [9.17, 15) is 19.7 Å². The van der Waals surface area contributed by atoms with E-state index in [-0.39, 0.29) is 24.1 Å². The first-order valence-corrected chi connectivity index (χ1v) is 7.05. The quantitative estimate of drug-likeness (QED) is 0.489. The second-order valence-corrected chi connectivity index (χ2v) is 5.07. The summed E-state index contributed by atoms with van der Waals surface area (Å²) in [4.78, 5) is 33.4. The lowest BCUT2D eigenvalue weighted by Crippen LogP contribution is -2.19. The third-order valence-corrected chi connectivity index (χ3v) is 3.39. The molecule has 1 amide bonds. The maximum Gasteiger partial charge on any atom is 0.312 e. The number of esters is 1. The summed E-state index contributed by atoms with van der Waals surface area (Å²) in [7, 11) is 1.33. The van der Waals surface area contributed by atoms with Crippen LogP contribution in [0.5, 0.6) is 0 Å². The topological polar surface area (TPSA) is 116 Å². The van der Waals surface area contributed by atoms with Crippen LogP contribution in [0, 0.1) is 10.1 Å².